The molecule has 0 unspecified atom stereocenters. The fourth-order valence-corrected chi connectivity index (χ4v) is 3.64. The van der Waals surface area contributed by atoms with Gasteiger partial charge in [0.05, 0.1) is 29.1 Å². The first-order chi connectivity index (χ1) is 16.1. The standard InChI is InChI=1S/C23H17FN8O/c1-13-22(33-12-28-13)17-19(16-7-4-5-14(11-25)18(16)24)29-23(26)21-20(17)30-32(31-21)10-8-15-6-2-3-9-27-15/h2-7,9,12H,8,10H2,1H3,(H2,26,29). The van der Waals surface area contributed by atoms with Gasteiger partial charge in [-0.1, -0.05) is 12.1 Å². The molecule has 5 rings (SSSR count). The van der Waals surface area contributed by atoms with Crippen molar-refractivity contribution in [2.24, 2.45) is 0 Å². The van der Waals surface area contributed by atoms with Crippen molar-refractivity contribution >= 4 is 16.9 Å². The smallest absolute Gasteiger partial charge is 0.181 e. The minimum absolute atomic E-state index is 0.0896. The number of nitrogens with two attached hydrogens (primary N) is 1. The number of halogens is 1. The summed E-state index contributed by atoms with van der Waals surface area (Å²) in [4.78, 5) is 14.4. The van der Waals surface area contributed by atoms with Gasteiger partial charge < -0.3 is 10.2 Å². The van der Waals surface area contributed by atoms with Crippen LogP contribution in [0.25, 0.3) is 33.6 Å². The van der Waals surface area contributed by atoms with Crippen molar-refractivity contribution in [2.75, 3.05) is 5.73 Å². The van der Waals surface area contributed by atoms with Gasteiger partial charge >= 0.3 is 0 Å². The molecule has 0 atom stereocenters. The third kappa shape index (κ3) is 3.55. The predicted molar refractivity (Wildman–Crippen MR) is 118 cm³/mol. The number of nitrogen functional groups attached to an aromatic ring is 1. The molecule has 0 spiro atoms. The van der Waals surface area contributed by atoms with E-state index in [2.05, 4.69) is 25.1 Å². The molecule has 4 heterocycles. The summed E-state index contributed by atoms with van der Waals surface area (Å²) in [7, 11) is 0. The van der Waals surface area contributed by atoms with Gasteiger partial charge in [-0.05, 0) is 31.2 Å². The van der Waals surface area contributed by atoms with E-state index in [4.69, 9.17) is 10.2 Å². The molecule has 0 amide bonds. The van der Waals surface area contributed by atoms with Gasteiger partial charge in [0, 0.05) is 23.9 Å². The lowest BCUT2D eigenvalue weighted by Crippen LogP contribution is -2.05. The molecule has 0 aliphatic heterocycles. The number of fused-ring (bicyclic) bond motifs is 1. The third-order valence-electron chi connectivity index (χ3n) is 5.24. The topological polar surface area (TPSA) is 132 Å². The summed E-state index contributed by atoms with van der Waals surface area (Å²) in [6.45, 7) is 2.21. The number of oxazole rings is 1. The summed E-state index contributed by atoms with van der Waals surface area (Å²) < 4.78 is 20.8. The summed E-state index contributed by atoms with van der Waals surface area (Å²) >= 11 is 0. The number of pyridine rings is 2. The highest BCUT2D eigenvalue weighted by molar-refractivity contribution is 6.02. The lowest BCUT2D eigenvalue weighted by Gasteiger charge is -2.10. The molecule has 5 aromatic rings. The van der Waals surface area contributed by atoms with Gasteiger partial charge in [0.15, 0.2) is 23.5 Å². The van der Waals surface area contributed by atoms with Crippen LogP contribution in [0.5, 0.6) is 0 Å². The minimum Gasteiger partial charge on any atom is -0.443 e. The zero-order valence-electron chi connectivity index (χ0n) is 17.5. The molecule has 0 aliphatic carbocycles. The van der Waals surface area contributed by atoms with Crippen molar-refractivity contribution < 1.29 is 8.81 Å². The SMILES string of the molecule is Cc1ncoc1-c1c(-c2cccc(C#N)c2F)nc(N)c2nn(CCc3ccccn3)nc12. The fraction of sp³-hybridized carbons (Fsp3) is 0.130. The van der Waals surface area contributed by atoms with Crippen LogP contribution in [0.4, 0.5) is 10.2 Å². The number of benzene rings is 1. The van der Waals surface area contributed by atoms with E-state index in [1.165, 1.54) is 23.3 Å². The van der Waals surface area contributed by atoms with Crippen molar-refractivity contribution in [1.82, 2.24) is 29.9 Å². The second-order valence-electron chi connectivity index (χ2n) is 7.33. The average Bonchev–Trinajstić information content (AvgIpc) is 3.45. The number of nitriles is 1. The van der Waals surface area contributed by atoms with Crippen molar-refractivity contribution in [3.05, 3.63) is 71.8 Å². The van der Waals surface area contributed by atoms with E-state index in [9.17, 15) is 5.26 Å². The van der Waals surface area contributed by atoms with E-state index in [1.807, 2.05) is 24.3 Å². The van der Waals surface area contributed by atoms with E-state index in [0.29, 0.717) is 41.0 Å². The van der Waals surface area contributed by atoms with Crippen LogP contribution in [-0.4, -0.2) is 29.9 Å². The number of nitrogens with zero attached hydrogens (tertiary/aromatic N) is 7. The Bertz CT molecular complexity index is 1520. The monoisotopic (exact) mass is 440 g/mol. The highest BCUT2D eigenvalue weighted by Crippen LogP contribution is 2.39. The highest BCUT2D eigenvalue weighted by atomic mass is 19.1. The Kier molecular flexibility index (Phi) is 4.99. The zero-order valence-corrected chi connectivity index (χ0v) is 17.5. The first kappa shape index (κ1) is 20.3. The first-order valence-corrected chi connectivity index (χ1v) is 10.1. The van der Waals surface area contributed by atoms with Crippen molar-refractivity contribution in [1.29, 1.82) is 5.26 Å². The molecule has 0 bridgehead atoms. The summed E-state index contributed by atoms with van der Waals surface area (Å²) in [5.41, 5.74) is 9.07. The van der Waals surface area contributed by atoms with Gasteiger partial charge in [-0.2, -0.15) is 15.2 Å². The maximum atomic E-state index is 15.1. The molecule has 0 saturated carbocycles. The van der Waals surface area contributed by atoms with E-state index in [-0.39, 0.29) is 22.6 Å². The number of aromatic nitrogens is 6. The molecule has 0 fully saturated rings. The Morgan fingerprint density at radius 2 is 1.97 bits per heavy atom. The maximum absolute atomic E-state index is 15.1. The van der Waals surface area contributed by atoms with Crippen LogP contribution in [0.3, 0.4) is 0 Å². The summed E-state index contributed by atoms with van der Waals surface area (Å²) in [5.74, 6) is -0.236. The van der Waals surface area contributed by atoms with Crippen LogP contribution < -0.4 is 5.73 Å². The molecular weight excluding hydrogens is 423 g/mol. The molecule has 9 nitrogen and oxygen atoms in total. The van der Waals surface area contributed by atoms with Crippen molar-refractivity contribution in [2.45, 2.75) is 19.9 Å². The van der Waals surface area contributed by atoms with Gasteiger partial charge in [-0.15, -0.1) is 5.10 Å². The van der Waals surface area contributed by atoms with E-state index in [0.717, 1.165) is 5.69 Å². The summed E-state index contributed by atoms with van der Waals surface area (Å²) in [5, 5.41) is 18.4. The molecule has 162 valence electrons. The Balaban J connectivity index is 1.71. The molecular formula is C23H17FN8O. The van der Waals surface area contributed by atoms with Gasteiger partial charge in [-0.25, -0.2) is 14.4 Å². The lowest BCUT2D eigenvalue weighted by molar-refractivity contribution is 0.540. The number of hydrogen-bond acceptors (Lipinski definition) is 8. The fourth-order valence-electron chi connectivity index (χ4n) is 3.64. The van der Waals surface area contributed by atoms with Crippen molar-refractivity contribution in [3.63, 3.8) is 0 Å². The number of hydrogen-bond donors (Lipinski definition) is 1. The molecule has 1 aromatic carbocycles. The highest BCUT2D eigenvalue weighted by Gasteiger charge is 2.26. The Hall–Kier alpha value is -4.65. The number of anilines is 1. The molecule has 33 heavy (non-hydrogen) atoms. The molecule has 0 radical (unpaired) electrons. The number of rotatable bonds is 5. The van der Waals surface area contributed by atoms with E-state index >= 15 is 4.39 Å². The average molecular weight is 440 g/mol. The minimum atomic E-state index is -0.702. The molecule has 10 heteroatoms. The lowest BCUT2D eigenvalue weighted by atomic mass is 9.99. The van der Waals surface area contributed by atoms with Crippen LogP contribution in [0, 0.1) is 24.1 Å². The van der Waals surface area contributed by atoms with Gasteiger partial charge in [0.1, 0.15) is 17.4 Å². The van der Waals surface area contributed by atoms with Gasteiger partial charge in [0.25, 0.3) is 0 Å². The first-order valence-electron chi connectivity index (χ1n) is 10.1. The zero-order chi connectivity index (χ0) is 22.9. The molecule has 4 aromatic heterocycles. The van der Waals surface area contributed by atoms with Crippen molar-refractivity contribution in [3.8, 4) is 28.7 Å². The van der Waals surface area contributed by atoms with E-state index < -0.39 is 5.82 Å². The van der Waals surface area contributed by atoms with Crippen LogP contribution in [0.2, 0.25) is 0 Å². The van der Waals surface area contributed by atoms with Gasteiger partial charge in [-0.3, -0.25) is 4.98 Å². The van der Waals surface area contributed by atoms with Crippen LogP contribution in [0.15, 0.2) is 53.4 Å². The van der Waals surface area contributed by atoms with Crippen LogP contribution in [-0.2, 0) is 13.0 Å². The normalized spacial score (nSPS) is 11.1. The van der Waals surface area contributed by atoms with E-state index in [1.54, 1.807) is 19.2 Å². The van der Waals surface area contributed by atoms with Crippen LogP contribution >= 0.6 is 0 Å². The quantitative estimate of drug-likeness (QED) is 0.438. The Labute approximate surface area is 187 Å². The number of aryl methyl sites for hydroxylation is 3. The molecule has 0 saturated heterocycles. The maximum Gasteiger partial charge on any atom is 0.181 e. The Morgan fingerprint density at radius 1 is 1.12 bits per heavy atom. The second kappa shape index (κ2) is 8.12. The Morgan fingerprint density at radius 3 is 2.70 bits per heavy atom. The third-order valence-corrected chi connectivity index (χ3v) is 5.24. The van der Waals surface area contributed by atoms with Crippen LogP contribution in [0.1, 0.15) is 17.0 Å². The molecule has 0 aliphatic rings. The van der Waals surface area contributed by atoms with Gasteiger partial charge in [0.2, 0.25) is 0 Å². The second-order valence-corrected chi connectivity index (χ2v) is 7.33. The molecule has 2 N–H and O–H groups in total. The largest absolute Gasteiger partial charge is 0.443 e. The summed E-state index contributed by atoms with van der Waals surface area (Å²) in [6, 6.07) is 12.1. The predicted octanol–water partition coefficient (Wildman–Crippen LogP) is 3.69. The summed E-state index contributed by atoms with van der Waals surface area (Å²) in [6.07, 6.45) is 3.63.